The fraction of sp³-hybridized carbons (Fsp3) is 0.467. The number of carbonyl (C=O) groups is 2. The highest BCUT2D eigenvalue weighted by Crippen LogP contribution is 2.54. The topological polar surface area (TPSA) is 66.4 Å². The Bertz CT molecular complexity index is 542. The van der Waals surface area contributed by atoms with Crippen LogP contribution in [0.1, 0.15) is 35.2 Å². The maximum atomic E-state index is 12.2. The summed E-state index contributed by atoms with van der Waals surface area (Å²) in [6, 6.07) is 4.98. The van der Waals surface area contributed by atoms with Crippen molar-refractivity contribution in [3.05, 3.63) is 29.3 Å². The van der Waals surface area contributed by atoms with Crippen LogP contribution in [-0.2, 0) is 4.79 Å². The molecule has 2 aliphatic carbocycles. The molecule has 1 amide bonds. The Kier molecular flexibility index (Phi) is 2.81. The lowest BCUT2D eigenvalue weighted by molar-refractivity contribution is -0.120. The Labute approximate surface area is 111 Å². The molecule has 4 nitrogen and oxygen atoms in total. The van der Waals surface area contributed by atoms with Crippen LogP contribution < -0.4 is 5.32 Å². The van der Waals surface area contributed by atoms with Gasteiger partial charge in [0.15, 0.2) is 0 Å². The smallest absolute Gasteiger partial charge is 0.336 e. The molecule has 2 N–H and O–H groups in total. The fourth-order valence-corrected chi connectivity index (χ4v) is 3.17. The molecule has 0 radical (unpaired) electrons. The number of carboxylic acids is 1. The zero-order chi connectivity index (χ0) is 13.6. The number of rotatable bonds is 3. The lowest BCUT2D eigenvalue weighted by Crippen LogP contribution is -2.22. The normalized spacial score (nSPS) is 27.7. The van der Waals surface area contributed by atoms with Crippen LogP contribution in [0, 0.1) is 24.7 Å². The van der Waals surface area contributed by atoms with Gasteiger partial charge >= 0.3 is 5.97 Å². The molecule has 1 aromatic rings. The molecule has 2 fully saturated rings. The van der Waals surface area contributed by atoms with E-state index in [1.165, 1.54) is 6.42 Å². The van der Waals surface area contributed by atoms with Crippen molar-refractivity contribution in [1.29, 1.82) is 0 Å². The van der Waals surface area contributed by atoms with Crippen molar-refractivity contribution in [1.82, 2.24) is 0 Å². The first kappa shape index (κ1) is 12.2. The Morgan fingerprint density at radius 2 is 1.89 bits per heavy atom. The maximum absolute atomic E-state index is 12.2. The molecule has 100 valence electrons. The van der Waals surface area contributed by atoms with E-state index >= 15 is 0 Å². The predicted octanol–water partition coefficient (Wildman–Crippen LogP) is 2.68. The molecule has 0 aromatic heterocycles. The van der Waals surface area contributed by atoms with E-state index in [1.807, 2.05) is 0 Å². The third kappa shape index (κ3) is 2.23. The molecule has 19 heavy (non-hydrogen) atoms. The van der Waals surface area contributed by atoms with Crippen LogP contribution in [0.15, 0.2) is 18.2 Å². The summed E-state index contributed by atoms with van der Waals surface area (Å²) in [5, 5.41) is 11.9. The second-order valence-corrected chi connectivity index (χ2v) is 5.70. The highest BCUT2D eigenvalue weighted by molar-refractivity contribution is 5.97. The summed E-state index contributed by atoms with van der Waals surface area (Å²) in [7, 11) is 0. The van der Waals surface area contributed by atoms with Gasteiger partial charge < -0.3 is 10.4 Å². The minimum atomic E-state index is -0.962. The number of anilines is 1. The van der Waals surface area contributed by atoms with E-state index in [4.69, 9.17) is 5.11 Å². The van der Waals surface area contributed by atoms with Crippen molar-refractivity contribution in [2.45, 2.75) is 26.2 Å². The number of aromatic carboxylic acids is 1. The van der Waals surface area contributed by atoms with E-state index in [2.05, 4.69) is 5.32 Å². The average Bonchev–Trinajstić information content (AvgIpc) is 2.98. The van der Waals surface area contributed by atoms with Crippen molar-refractivity contribution < 1.29 is 14.7 Å². The number of nitrogens with one attached hydrogen (secondary N) is 1. The number of benzene rings is 1. The predicted molar refractivity (Wildman–Crippen MR) is 71.1 cm³/mol. The first-order valence-corrected chi connectivity index (χ1v) is 6.70. The molecule has 0 heterocycles. The minimum absolute atomic E-state index is 0.0397. The fourth-order valence-electron chi connectivity index (χ4n) is 3.17. The SMILES string of the molecule is Cc1c(NC(=O)C2CC3CC3C2)cccc1C(=O)O. The van der Waals surface area contributed by atoms with Crippen LogP contribution >= 0.6 is 0 Å². The Morgan fingerprint density at radius 3 is 2.53 bits per heavy atom. The van der Waals surface area contributed by atoms with Gasteiger partial charge in [-0.3, -0.25) is 4.79 Å². The number of carboxylic acid groups (broad SMARTS) is 1. The van der Waals surface area contributed by atoms with Gasteiger partial charge in [-0.25, -0.2) is 4.79 Å². The van der Waals surface area contributed by atoms with Crippen molar-refractivity contribution in [2.24, 2.45) is 17.8 Å². The third-order valence-electron chi connectivity index (χ3n) is 4.44. The number of hydrogen-bond donors (Lipinski definition) is 2. The van der Waals surface area contributed by atoms with Gasteiger partial charge in [-0.15, -0.1) is 0 Å². The first-order chi connectivity index (χ1) is 9.06. The van der Waals surface area contributed by atoms with Gasteiger partial charge in [-0.05, 0) is 55.7 Å². The lowest BCUT2D eigenvalue weighted by atomic mass is 10.0. The van der Waals surface area contributed by atoms with Gasteiger partial charge in [0.25, 0.3) is 0 Å². The van der Waals surface area contributed by atoms with Crippen LogP contribution in [0.4, 0.5) is 5.69 Å². The van der Waals surface area contributed by atoms with Crippen LogP contribution in [0.2, 0.25) is 0 Å². The molecule has 2 atom stereocenters. The molecule has 4 heteroatoms. The Balaban J connectivity index is 1.74. The molecule has 2 unspecified atom stereocenters. The standard InChI is InChI=1S/C15H17NO3/c1-8-12(15(18)19)3-2-4-13(8)16-14(17)11-6-9-5-10(9)7-11/h2-4,9-11H,5-7H2,1H3,(H,16,17)(H,18,19). The zero-order valence-corrected chi connectivity index (χ0v) is 10.8. The quantitative estimate of drug-likeness (QED) is 0.877. The molecular formula is C15H17NO3. The van der Waals surface area contributed by atoms with Gasteiger partial charge in [0.1, 0.15) is 0 Å². The Hall–Kier alpha value is -1.84. The molecule has 2 saturated carbocycles. The number of hydrogen-bond acceptors (Lipinski definition) is 2. The highest BCUT2D eigenvalue weighted by atomic mass is 16.4. The monoisotopic (exact) mass is 259 g/mol. The molecule has 0 saturated heterocycles. The van der Waals surface area contributed by atoms with Gasteiger partial charge in [0.2, 0.25) is 5.91 Å². The summed E-state index contributed by atoms with van der Waals surface area (Å²) in [6.07, 6.45) is 3.28. The molecule has 0 spiro atoms. The number of carbonyl (C=O) groups excluding carboxylic acids is 1. The van der Waals surface area contributed by atoms with E-state index in [0.29, 0.717) is 11.3 Å². The van der Waals surface area contributed by atoms with Crippen molar-refractivity contribution in [3.63, 3.8) is 0 Å². The second-order valence-electron chi connectivity index (χ2n) is 5.70. The lowest BCUT2D eigenvalue weighted by Gasteiger charge is -2.14. The summed E-state index contributed by atoms with van der Waals surface area (Å²) in [5.41, 5.74) is 1.48. The van der Waals surface area contributed by atoms with Crippen LogP contribution in [0.3, 0.4) is 0 Å². The minimum Gasteiger partial charge on any atom is -0.478 e. The molecule has 0 bridgehead atoms. The summed E-state index contributed by atoms with van der Waals surface area (Å²) < 4.78 is 0. The molecule has 2 aliphatic rings. The van der Waals surface area contributed by atoms with E-state index in [9.17, 15) is 9.59 Å². The van der Waals surface area contributed by atoms with E-state index in [-0.39, 0.29) is 17.4 Å². The number of amides is 1. The molecule has 1 aromatic carbocycles. The van der Waals surface area contributed by atoms with E-state index in [0.717, 1.165) is 24.7 Å². The van der Waals surface area contributed by atoms with Gasteiger partial charge in [0.05, 0.1) is 5.56 Å². The molecule has 3 rings (SSSR count). The first-order valence-electron chi connectivity index (χ1n) is 6.70. The molecule has 0 aliphatic heterocycles. The number of fused-ring (bicyclic) bond motifs is 1. The summed E-state index contributed by atoms with van der Waals surface area (Å²) in [6.45, 7) is 1.73. The highest BCUT2D eigenvalue weighted by Gasteiger charge is 2.48. The van der Waals surface area contributed by atoms with Crippen molar-refractivity contribution in [3.8, 4) is 0 Å². The average molecular weight is 259 g/mol. The molecular weight excluding hydrogens is 242 g/mol. The second kappa shape index (κ2) is 4.37. The van der Waals surface area contributed by atoms with Gasteiger partial charge in [-0.1, -0.05) is 6.07 Å². The van der Waals surface area contributed by atoms with Crippen LogP contribution in [0.25, 0.3) is 0 Å². The maximum Gasteiger partial charge on any atom is 0.336 e. The van der Waals surface area contributed by atoms with Crippen molar-refractivity contribution >= 4 is 17.6 Å². The third-order valence-corrected chi connectivity index (χ3v) is 4.44. The van der Waals surface area contributed by atoms with E-state index < -0.39 is 5.97 Å². The van der Waals surface area contributed by atoms with Crippen molar-refractivity contribution in [2.75, 3.05) is 5.32 Å². The van der Waals surface area contributed by atoms with Gasteiger partial charge in [0, 0.05) is 11.6 Å². The van der Waals surface area contributed by atoms with Crippen LogP contribution in [0.5, 0.6) is 0 Å². The summed E-state index contributed by atoms with van der Waals surface area (Å²) in [5.74, 6) is 0.717. The summed E-state index contributed by atoms with van der Waals surface area (Å²) in [4.78, 5) is 23.2. The van der Waals surface area contributed by atoms with Gasteiger partial charge in [-0.2, -0.15) is 0 Å². The van der Waals surface area contributed by atoms with E-state index in [1.54, 1.807) is 25.1 Å². The Morgan fingerprint density at radius 1 is 1.21 bits per heavy atom. The van der Waals surface area contributed by atoms with Crippen LogP contribution in [-0.4, -0.2) is 17.0 Å². The largest absolute Gasteiger partial charge is 0.478 e. The zero-order valence-electron chi connectivity index (χ0n) is 10.8. The summed E-state index contributed by atoms with van der Waals surface area (Å²) >= 11 is 0.